The lowest BCUT2D eigenvalue weighted by atomic mass is 9.82. The van der Waals surface area contributed by atoms with Crippen molar-refractivity contribution >= 4 is 0 Å². The first-order valence-corrected chi connectivity index (χ1v) is 8.02. The van der Waals surface area contributed by atoms with Crippen molar-refractivity contribution in [1.29, 1.82) is 0 Å². The largest absolute Gasteiger partial charge is 0.497 e. The standard InChI is InChI=1S/C18H30N2O/c1-14(20-12-10-18(2,3)11-13-20)17(19-4)15-6-8-16(21-5)9-7-15/h6-9,14,17,19H,10-13H2,1-5H3. The number of likely N-dealkylation sites (N-methyl/N-ethyl adjacent to an activating group) is 1. The summed E-state index contributed by atoms with van der Waals surface area (Å²) < 4.78 is 5.25. The van der Waals surface area contributed by atoms with Gasteiger partial charge in [0.15, 0.2) is 0 Å². The van der Waals surface area contributed by atoms with E-state index in [1.807, 2.05) is 12.1 Å². The predicted molar refractivity (Wildman–Crippen MR) is 88.8 cm³/mol. The summed E-state index contributed by atoms with van der Waals surface area (Å²) in [6.07, 6.45) is 2.58. The molecule has 2 unspecified atom stereocenters. The second-order valence-electron chi connectivity index (χ2n) is 6.98. The molecule has 1 aliphatic rings. The van der Waals surface area contributed by atoms with Crippen LogP contribution in [0.1, 0.15) is 45.2 Å². The van der Waals surface area contributed by atoms with Gasteiger partial charge in [-0.25, -0.2) is 0 Å². The number of nitrogens with one attached hydrogen (secondary N) is 1. The van der Waals surface area contributed by atoms with Crippen molar-refractivity contribution in [1.82, 2.24) is 10.2 Å². The van der Waals surface area contributed by atoms with Gasteiger partial charge in [-0.2, -0.15) is 0 Å². The van der Waals surface area contributed by atoms with Gasteiger partial charge in [0, 0.05) is 12.1 Å². The van der Waals surface area contributed by atoms with E-state index in [0.29, 0.717) is 17.5 Å². The number of methoxy groups -OCH3 is 1. The molecule has 118 valence electrons. The van der Waals surface area contributed by atoms with Gasteiger partial charge in [-0.1, -0.05) is 26.0 Å². The molecule has 1 aromatic rings. The highest BCUT2D eigenvalue weighted by Crippen LogP contribution is 2.32. The van der Waals surface area contributed by atoms with Gasteiger partial charge in [-0.15, -0.1) is 0 Å². The molecule has 0 bridgehead atoms. The topological polar surface area (TPSA) is 24.5 Å². The monoisotopic (exact) mass is 290 g/mol. The minimum atomic E-state index is 0.358. The number of likely N-dealkylation sites (tertiary alicyclic amines) is 1. The fourth-order valence-corrected chi connectivity index (χ4v) is 3.25. The molecule has 2 rings (SSSR count). The van der Waals surface area contributed by atoms with E-state index in [1.54, 1.807) is 7.11 Å². The van der Waals surface area contributed by atoms with Crippen LogP contribution in [0.3, 0.4) is 0 Å². The summed E-state index contributed by atoms with van der Waals surface area (Å²) >= 11 is 0. The SMILES string of the molecule is CNC(c1ccc(OC)cc1)C(C)N1CCC(C)(C)CC1. The van der Waals surface area contributed by atoms with E-state index in [0.717, 1.165) is 5.75 Å². The molecular formula is C18H30N2O. The Morgan fingerprint density at radius 3 is 2.19 bits per heavy atom. The third-order valence-electron chi connectivity index (χ3n) is 5.00. The first kappa shape index (κ1) is 16.3. The lowest BCUT2D eigenvalue weighted by molar-refractivity contribution is 0.0844. The number of hydrogen-bond acceptors (Lipinski definition) is 3. The third kappa shape index (κ3) is 3.98. The van der Waals surface area contributed by atoms with Gasteiger partial charge in [0.25, 0.3) is 0 Å². The van der Waals surface area contributed by atoms with E-state index >= 15 is 0 Å². The third-order valence-corrected chi connectivity index (χ3v) is 5.00. The zero-order valence-corrected chi connectivity index (χ0v) is 14.1. The molecule has 3 heteroatoms. The normalized spacial score (nSPS) is 21.8. The molecule has 1 heterocycles. The number of rotatable bonds is 5. The molecule has 0 aromatic heterocycles. The number of piperidine rings is 1. The summed E-state index contributed by atoms with van der Waals surface area (Å²) in [4.78, 5) is 2.62. The fourth-order valence-electron chi connectivity index (χ4n) is 3.25. The van der Waals surface area contributed by atoms with Crippen molar-refractivity contribution in [3.63, 3.8) is 0 Å². The van der Waals surface area contributed by atoms with Crippen molar-refractivity contribution in [3.8, 4) is 5.75 Å². The van der Waals surface area contributed by atoms with Crippen LogP contribution < -0.4 is 10.1 Å². The van der Waals surface area contributed by atoms with Crippen LogP contribution in [0.25, 0.3) is 0 Å². The van der Waals surface area contributed by atoms with E-state index < -0.39 is 0 Å². The highest BCUT2D eigenvalue weighted by atomic mass is 16.5. The number of benzene rings is 1. The maximum absolute atomic E-state index is 5.25. The molecule has 0 spiro atoms. The van der Waals surface area contributed by atoms with Crippen LogP contribution in [0, 0.1) is 5.41 Å². The summed E-state index contributed by atoms with van der Waals surface area (Å²) in [6.45, 7) is 9.50. The Morgan fingerprint density at radius 1 is 1.14 bits per heavy atom. The molecule has 1 saturated heterocycles. The van der Waals surface area contributed by atoms with Gasteiger partial charge in [0.05, 0.1) is 7.11 Å². The number of hydrogen-bond donors (Lipinski definition) is 1. The van der Waals surface area contributed by atoms with Crippen molar-refractivity contribution in [2.75, 3.05) is 27.2 Å². The molecule has 1 N–H and O–H groups in total. The van der Waals surface area contributed by atoms with Crippen LogP contribution in [-0.2, 0) is 0 Å². The average molecular weight is 290 g/mol. The van der Waals surface area contributed by atoms with Gasteiger partial charge >= 0.3 is 0 Å². The molecule has 3 nitrogen and oxygen atoms in total. The van der Waals surface area contributed by atoms with E-state index in [1.165, 1.54) is 31.5 Å². The molecule has 0 aliphatic carbocycles. The Labute approximate surface area is 129 Å². The van der Waals surface area contributed by atoms with E-state index in [4.69, 9.17) is 4.74 Å². The Balaban J connectivity index is 2.05. The molecular weight excluding hydrogens is 260 g/mol. The maximum Gasteiger partial charge on any atom is 0.118 e. The van der Waals surface area contributed by atoms with Crippen LogP contribution in [0.5, 0.6) is 5.75 Å². The number of nitrogens with zero attached hydrogens (tertiary/aromatic N) is 1. The van der Waals surface area contributed by atoms with Crippen LogP contribution in [0.2, 0.25) is 0 Å². The van der Waals surface area contributed by atoms with Crippen molar-refractivity contribution < 1.29 is 4.74 Å². The summed E-state index contributed by atoms with van der Waals surface area (Å²) in [5.41, 5.74) is 1.83. The van der Waals surface area contributed by atoms with Crippen LogP contribution in [0.4, 0.5) is 0 Å². The van der Waals surface area contributed by atoms with E-state index in [2.05, 4.69) is 50.2 Å². The quantitative estimate of drug-likeness (QED) is 0.898. The highest BCUT2D eigenvalue weighted by molar-refractivity contribution is 5.29. The van der Waals surface area contributed by atoms with E-state index in [9.17, 15) is 0 Å². The zero-order valence-electron chi connectivity index (χ0n) is 14.1. The summed E-state index contributed by atoms with van der Waals surface area (Å²) in [6, 6.07) is 9.29. The molecule has 21 heavy (non-hydrogen) atoms. The second kappa shape index (κ2) is 6.80. The molecule has 1 aliphatic heterocycles. The lowest BCUT2D eigenvalue weighted by Gasteiger charge is -2.42. The maximum atomic E-state index is 5.25. The van der Waals surface area contributed by atoms with Crippen LogP contribution >= 0.6 is 0 Å². The highest BCUT2D eigenvalue weighted by Gasteiger charge is 2.30. The number of ether oxygens (including phenoxy) is 1. The van der Waals surface area contributed by atoms with Gasteiger partial charge in [-0.05, 0) is 63.0 Å². The lowest BCUT2D eigenvalue weighted by Crippen LogP contribution is -2.47. The first-order valence-electron chi connectivity index (χ1n) is 8.02. The average Bonchev–Trinajstić information content (AvgIpc) is 2.48. The van der Waals surface area contributed by atoms with Gasteiger partial charge < -0.3 is 10.1 Å². The molecule has 0 saturated carbocycles. The minimum absolute atomic E-state index is 0.358. The summed E-state index contributed by atoms with van der Waals surface area (Å²) in [5, 5.41) is 3.49. The zero-order chi connectivity index (χ0) is 15.5. The van der Waals surface area contributed by atoms with Crippen LogP contribution in [0.15, 0.2) is 24.3 Å². The van der Waals surface area contributed by atoms with E-state index in [-0.39, 0.29) is 0 Å². The summed E-state index contributed by atoms with van der Waals surface area (Å²) in [7, 11) is 3.77. The minimum Gasteiger partial charge on any atom is -0.497 e. The second-order valence-corrected chi connectivity index (χ2v) is 6.98. The Hall–Kier alpha value is -1.06. The van der Waals surface area contributed by atoms with Crippen molar-refractivity contribution in [2.45, 2.75) is 45.7 Å². The predicted octanol–water partition coefficient (Wildman–Crippen LogP) is 3.47. The van der Waals surface area contributed by atoms with Crippen LogP contribution in [-0.4, -0.2) is 38.2 Å². The fraction of sp³-hybridized carbons (Fsp3) is 0.667. The van der Waals surface area contributed by atoms with Gasteiger partial charge in [0.2, 0.25) is 0 Å². The van der Waals surface area contributed by atoms with Crippen molar-refractivity contribution in [2.24, 2.45) is 5.41 Å². The molecule has 1 fully saturated rings. The Kier molecular flexibility index (Phi) is 5.28. The smallest absolute Gasteiger partial charge is 0.118 e. The van der Waals surface area contributed by atoms with Gasteiger partial charge in [-0.3, -0.25) is 4.90 Å². The molecule has 1 aromatic carbocycles. The molecule has 0 radical (unpaired) electrons. The Bertz CT molecular complexity index is 431. The Morgan fingerprint density at radius 2 is 1.71 bits per heavy atom. The first-order chi connectivity index (χ1) is 9.96. The molecule has 2 atom stereocenters. The van der Waals surface area contributed by atoms with Gasteiger partial charge in [0.1, 0.15) is 5.75 Å². The summed E-state index contributed by atoms with van der Waals surface area (Å²) in [5.74, 6) is 0.918. The molecule has 0 amide bonds. The van der Waals surface area contributed by atoms with Crippen molar-refractivity contribution in [3.05, 3.63) is 29.8 Å².